The second-order valence-electron chi connectivity index (χ2n) is 4.52. The van der Waals surface area contributed by atoms with Crippen LogP contribution in [0.1, 0.15) is 15.9 Å². The molecule has 2 aromatic rings. The van der Waals surface area contributed by atoms with Gasteiger partial charge in [0.05, 0.1) is 13.9 Å². The smallest absolute Gasteiger partial charge is 0.200 e. The van der Waals surface area contributed by atoms with Gasteiger partial charge in [-0.2, -0.15) is 0 Å². The summed E-state index contributed by atoms with van der Waals surface area (Å²) in [6, 6.07) is 15.1. The Morgan fingerprint density at radius 2 is 1.57 bits per heavy atom. The van der Waals surface area contributed by atoms with Crippen LogP contribution >= 0.6 is 22.6 Å². The van der Waals surface area contributed by atoms with Crippen molar-refractivity contribution in [1.82, 2.24) is 0 Å². The fourth-order valence-corrected chi connectivity index (χ4v) is 4.06. The number of aryl methyl sites for hydroxylation is 1. The monoisotopic (exact) mass is 412 g/mol. The molecule has 108 valence electrons. The van der Waals surface area contributed by atoms with E-state index in [0.29, 0.717) is 5.56 Å². The zero-order chi connectivity index (χ0) is 15.5. The molecule has 0 N–H and O–H groups in total. The first-order valence-electron chi connectivity index (χ1n) is 6.19. The Balaban J connectivity index is 2.33. The van der Waals surface area contributed by atoms with Gasteiger partial charge in [-0.3, -0.25) is 4.79 Å². The SMILES string of the molecule is Cc1ccc(S(=O)(=O)/C=C(/I)C(=O)c2ccccc2)cc1. The van der Waals surface area contributed by atoms with Gasteiger partial charge in [-0.25, -0.2) is 8.42 Å². The van der Waals surface area contributed by atoms with E-state index in [2.05, 4.69) is 0 Å². The summed E-state index contributed by atoms with van der Waals surface area (Å²) in [6.07, 6.45) is 0. The highest BCUT2D eigenvalue weighted by Gasteiger charge is 2.16. The number of carbonyl (C=O) groups excluding carboxylic acids is 1. The van der Waals surface area contributed by atoms with E-state index in [-0.39, 0.29) is 14.3 Å². The molecule has 0 fully saturated rings. The van der Waals surface area contributed by atoms with Crippen molar-refractivity contribution < 1.29 is 13.2 Å². The first-order chi connectivity index (χ1) is 9.90. The van der Waals surface area contributed by atoms with E-state index in [4.69, 9.17) is 0 Å². The molecule has 0 heterocycles. The van der Waals surface area contributed by atoms with Gasteiger partial charge in [0.2, 0.25) is 9.84 Å². The summed E-state index contributed by atoms with van der Waals surface area (Å²) in [7, 11) is -3.62. The average molecular weight is 412 g/mol. The maximum absolute atomic E-state index is 12.3. The van der Waals surface area contributed by atoms with Crippen LogP contribution in [0.3, 0.4) is 0 Å². The molecule has 0 saturated carbocycles. The Morgan fingerprint density at radius 1 is 1.00 bits per heavy atom. The Kier molecular flexibility index (Phi) is 4.95. The van der Waals surface area contributed by atoms with Gasteiger partial charge in [-0.15, -0.1) is 0 Å². The quantitative estimate of drug-likeness (QED) is 0.435. The largest absolute Gasteiger partial charge is 0.288 e. The highest BCUT2D eigenvalue weighted by Crippen LogP contribution is 2.20. The van der Waals surface area contributed by atoms with Crippen molar-refractivity contribution in [2.45, 2.75) is 11.8 Å². The van der Waals surface area contributed by atoms with Crippen molar-refractivity contribution in [3.05, 3.63) is 74.7 Å². The van der Waals surface area contributed by atoms with Gasteiger partial charge >= 0.3 is 0 Å². The van der Waals surface area contributed by atoms with E-state index < -0.39 is 9.84 Å². The zero-order valence-electron chi connectivity index (χ0n) is 11.3. The van der Waals surface area contributed by atoms with Crippen LogP contribution in [0.5, 0.6) is 0 Å². The molecular weight excluding hydrogens is 399 g/mol. The first-order valence-corrected chi connectivity index (χ1v) is 8.81. The molecule has 0 aliphatic heterocycles. The van der Waals surface area contributed by atoms with Gasteiger partial charge in [-0.1, -0.05) is 48.0 Å². The number of rotatable bonds is 4. The molecule has 0 unspecified atom stereocenters. The van der Waals surface area contributed by atoms with Gasteiger partial charge in [0.15, 0.2) is 5.78 Å². The molecule has 0 bridgehead atoms. The maximum atomic E-state index is 12.3. The lowest BCUT2D eigenvalue weighted by atomic mass is 10.1. The molecule has 0 aliphatic rings. The summed E-state index contributed by atoms with van der Waals surface area (Å²) in [4.78, 5) is 12.4. The second kappa shape index (κ2) is 6.53. The fraction of sp³-hybridized carbons (Fsp3) is 0.0625. The molecule has 21 heavy (non-hydrogen) atoms. The topological polar surface area (TPSA) is 51.2 Å². The van der Waals surface area contributed by atoms with Crippen molar-refractivity contribution in [1.29, 1.82) is 0 Å². The van der Waals surface area contributed by atoms with Crippen LogP contribution in [-0.2, 0) is 9.84 Å². The molecule has 2 rings (SSSR count). The van der Waals surface area contributed by atoms with Crippen molar-refractivity contribution in [3.63, 3.8) is 0 Å². The Labute approximate surface area is 137 Å². The molecule has 0 radical (unpaired) electrons. The summed E-state index contributed by atoms with van der Waals surface area (Å²) in [5.74, 6) is -0.299. The van der Waals surface area contributed by atoms with E-state index in [1.54, 1.807) is 65.1 Å². The van der Waals surface area contributed by atoms with Crippen LogP contribution in [0.4, 0.5) is 0 Å². The van der Waals surface area contributed by atoms with E-state index in [1.807, 2.05) is 6.92 Å². The number of carbonyl (C=O) groups is 1. The lowest BCUT2D eigenvalue weighted by molar-refractivity contribution is 0.104. The van der Waals surface area contributed by atoms with Crippen LogP contribution in [0.25, 0.3) is 0 Å². The summed E-state index contributed by atoms with van der Waals surface area (Å²) in [6.45, 7) is 1.88. The molecule has 0 saturated heterocycles. The van der Waals surface area contributed by atoms with Crippen LogP contribution in [0, 0.1) is 6.92 Å². The zero-order valence-corrected chi connectivity index (χ0v) is 14.3. The molecule has 0 atom stereocenters. The van der Waals surface area contributed by atoms with Crippen LogP contribution < -0.4 is 0 Å². The number of hydrogen-bond donors (Lipinski definition) is 0. The maximum Gasteiger partial charge on any atom is 0.200 e. The summed E-state index contributed by atoms with van der Waals surface area (Å²) < 4.78 is 24.7. The highest BCUT2D eigenvalue weighted by molar-refractivity contribution is 14.1. The third kappa shape index (κ3) is 4.01. The normalized spacial score (nSPS) is 12.2. The van der Waals surface area contributed by atoms with Crippen LogP contribution in [-0.4, -0.2) is 14.2 Å². The number of benzene rings is 2. The Bertz CT molecular complexity index is 776. The first kappa shape index (κ1) is 15.9. The number of halogens is 1. The lowest BCUT2D eigenvalue weighted by Crippen LogP contribution is -2.03. The fourth-order valence-electron chi connectivity index (χ4n) is 1.71. The molecule has 5 heteroatoms. The van der Waals surface area contributed by atoms with Crippen LogP contribution in [0.2, 0.25) is 0 Å². The minimum atomic E-state index is -3.62. The van der Waals surface area contributed by atoms with E-state index >= 15 is 0 Å². The van der Waals surface area contributed by atoms with Crippen molar-refractivity contribution in [2.75, 3.05) is 0 Å². The van der Waals surface area contributed by atoms with Gasteiger partial charge in [-0.05, 0) is 41.6 Å². The minimum Gasteiger partial charge on any atom is -0.288 e. The molecule has 0 spiro atoms. The van der Waals surface area contributed by atoms with Gasteiger partial charge in [0.25, 0.3) is 0 Å². The van der Waals surface area contributed by atoms with Gasteiger partial charge < -0.3 is 0 Å². The minimum absolute atomic E-state index is 0.166. The third-order valence-electron chi connectivity index (χ3n) is 2.86. The average Bonchev–Trinajstić information content (AvgIpc) is 2.47. The standard InChI is InChI=1S/C16H13IO3S/c1-12-7-9-14(10-8-12)21(19,20)11-15(17)16(18)13-5-3-2-4-6-13/h2-11H,1H3/b15-11+. The molecule has 3 nitrogen and oxygen atoms in total. The van der Waals surface area contributed by atoms with Crippen molar-refractivity contribution >= 4 is 38.2 Å². The number of ketones is 1. The second-order valence-corrected chi connectivity index (χ2v) is 7.48. The number of hydrogen-bond acceptors (Lipinski definition) is 3. The molecule has 0 amide bonds. The number of Topliss-reactive ketones (excluding diaryl/α,β-unsaturated/α-hetero) is 1. The summed E-state index contributed by atoms with van der Waals surface area (Å²) in [5.41, 5.74) is 1.45. The van der Waals surface area contributed by atoms with E-state index in [9.17, 15) is 13.2 Å². The number of sulfone groups is 1. The lowest BCUT2D eigenvalue weighted by Gasteiger charge is -2.02. The predicted molar refractivity (Wildman–Crippen MR) is 91.2 cm³/mol. The Hall–Kier alpha value is -1.47. The van der Waals surface area contributed by atoms with E-state index in [0.717, 1.165) is 11.0 Å². The van der Waals surface area contributed by atoms with Gasteiger partial charge in [0.1, 0.15) is 0 Å². The predicted octanol–water partition coefficient (Wildman–Crippen LogP) is 3.93. The van der Waals surface area contributed by atoms with Gasteiger partial charge in [0, 0.05) is 5.56 Å². The molecule has 2 aromatic carbocycles. The number of allylic oxidation sites excluding steroid dienone is 1. The molecule has 0 aliphatic carbocycles. The van der Waals surface area contributed by atoms with Crippen molar-refractivity contribution in [2.24, 2.45) is 0 Å². The summed E-state index contributed by atoms with van der Waals surface area (Å²) in [5, 5.41) is 1.02. The summed E-state index contributed by atoms with van der Waals surface area (Å²) >= 11 is 1.76. The molecule has 0 aromatic heterocycles. The van der Waals surface area contributed by atoms with Crippen molar-refractivity contribution in [3.8, 4) is 0 Å². The Morgan fingerprint density at radius 3 is 2.14 bits per heavy atom. The molecular formula is C16H13IO3S. The highest BCUT2D eigenvalue weighted by atomic mass is 127. The third-order valence-corrected chi connectivity index (χ3v) is 5.56. The van der Waals surface area contributed by atoms with E-state index in [1.165, 1.54) is 12.1 Å². The van der Waals surface area contributed by atoms with Crippen LogP contribution in [0.15, 0.2) is 68.5 Å².